The van der Waals surface area contributed by atoms with E-state index in [0.29, 0.717) is 50.0 Å². The summed E-state index contributed by atoms with van der Waals surface area (Å²) in [5.74, 6) is 0.793. The van der Waals surface area contributed by atoms with Crippen LogP contribution < -0.4 is 29.1 Å². The van der Waals surface area contributed by atoms with Gasteiger partial charge in [-0.2, -0.15) is 0 Å². The maximum Gasteiger partial charge on any atom is 0.338 e. The fourth-order valence-electron chi connectivity index (χ4n) is 5.46. The second-order valence-corrected chi connectivity index (χ2v) is 11.8. The van der Waals surface area contributed by atoms with Crippen molar-refractivity contribution < 1.29 is 28.1 Å². The van der Waals surface area contributed by atoms with Gasteiger partial charge in [0.25, 0.3) is 5.56 Å². The van der Waals surface area contributed by atoms with Crippen molar-refractivity contribution in [2.45, 2.75) is 26.5 Å². The molecule has 8 nitrogen and oxygen atoms in total. The van der Waals surface area contributed by atoms with E-state index in [9.17, 15) is 14.0 Å². The molecule has 1 aliphatic heterocycles. The number of hydrogen-bond acceptors (Lipinski definition) is 8. The Morgan fingerprint density at radius 1 is 0.917 bits per heavy atom. The molecular weight excluding hydrogens is 631 g/mol. The van der Waals surface area contributed by atoms with Crippen LogP contribution in [0.15, 0.2) is 112 Å². The molecule has 2 heterocycles. The molecule has 1 aromatic heterocycles. The highest BCUT2D eigenvalue weighted by Gasteiger charge is 2.35. The monoisotopic (exact) mass is 664 g/mol. The van der Waals surface area contributed by atoms with E-state index in [1.807, 2.05) is 67.6 Å². The Bertz CT molecular complexity index is 2140. The number of thiazole rings is 1. The topological polar surface area (TPSA) is 88.4 Å². The van der Waals surface area contributed by atoms with Gasteiger partial charge in [-0.25, -0.2) is 14.2 Å². The van der Waals surface area contributed by atoms with Gasteiger partial charge in [0.2, 0.25) is 0 Å². The summed E-state index contributed by atoms with van der Waals surface area (Å²) in [6.45, 7) is 4.55. The van der Waals surface area contributed by atoms with Crippen molar-refractivity contribution in [3.05, 3.63) is 150 Å². The minimum atomic E-state index is -0.801. The summed E-state index contributed by atoms with van der Waals surface area (Å²) in [5.41, 5.74) is 3.37. The zero-order valence-electron chi connectivity index (χ0n) is 26.6. The molecule has 0 N–H and O–H groups in total. The van der Waals surface area contributed by atoms with Crippen LogP contribution in [0.25, 0.3) is 11.8 Å². The second kappa shape index (κ2) is 14.5. The minimum absolute atomic E-state index is 0.163. The lowest BCUT2D eigenvalue weighted by Crippen LogP contribution is -2.40. The minimum Gasteiger partial charge on any atom is -0.494 e. The normalized spacial score (nSPS) is 14.2. The number of carbonyl (C=O) groups is 1. The summed E-state index contributed by atoms with van der Waals surface area (Å²) in [6.07, 6.45) is 1.77. The van der Waals surface area contributed by atoms with E-state index < -0.39 is 12.0 Å². The Kier molecular flexibility index (Phi) is 9.82. The Morgan fingerprint density at radius 2 is 1.67 bits per heavy atom. The van der Waals surface area contributed by atoms with Crippen LogP contribution in [0.1, 0.15) is 42.1 Å². The highest BCUT2D eigenvalue weighted by atomic mass is 32.1. The Morgan fingerprint density at radius 3 is 2.35 bits per heavy atom. The van der Waals surface area contributed by atoms with E-state index in [2.05, 4.69) is 0 Å². The van der Waals surface area contributed by atoms with Crippen LogP contribution >= 0.6 is 11.3 Å². The van der Waals surface area contributed by atoms with E-state index in [1.54, 1.807) is 41.8 Å². The molecule has 0 spiro atoms. The van der Waals surface area contributed by atoms with Gasteiger partial charge in [0.05, 0.1) is 42.2 Å². The maximum absolute atomic E-state index is 14.2. The summed E-state index contributed by atoms with van der Waals surface area (Å²) >= 11 is 1.23. The lowest BCUT2D eigenvalue weighted by Gasteiger charge is -2.26. The molecule has 48 heavy (non-hydrogen) atoms. The van der Waals surface area contributed by atoms with E-state index >= 15 is 0 Å². The molecule has 5 aromatic rings. The van der Waals surface area contributed by atoms with Gasteiger partial charge in [0.15, 0.2) is 16.3 Å². The summed E-state index contributed by atoms with van der Waals surface area (Å²) in [5, 5.41) is 0. The number of fused-ring (bicyclic) bond motifs is 1. The predicted molar refractivity (Wildman–Crippen MR) is 182 cm³/mol. The first-order chi connectivity index (χ1) is 23.4. The maximum atomic E-state index is 14.2. The van der Waals surface area contributed by atoms with E-state index in [0.717, 1.165) is 11.1 Å². The number of methoxy groups -OCH3 is 1. The molecule has 0 radical (unpaired) electrons. The molecule has 0 amide bonds. The van der Waals surface area contributed by atoms with Gasteiger partial charge in [0.1, 0.15) is 18.2 Å². The van der Waals surface area contributed by atoms with Gasteiger partial charge in [0, 0.05) is 5.56 Å². The van der Waals surface area contributed by atoms with E-state index in [1.165, 1.54) is 30.6 Å². The summed E-state index contributed by atoms with van der Waals surface area (Å²) in [4.78, 5) is 33.3. The molecule has 0 fully saturated rings. The molecule has 0 saturated carbocycles. The number of halogens is 1. The standard InChI is InChI=1S/C38H33FN2O6S/c1-4-45-29-18-14-27(15-19-29)35-33(37(43)46-5-2)34(26-9-7-6-8-10-26)40-38-41(35)36(42)32(48-38)22-25-13-20-30(31(21-25)44-3)47-23-24-11-16-28(39)17-12-24/h6-22,35H,4-5,23H2,1-3H3/b32-22-/t35-/m1/s1. The van der Waals surface area contributed by atoms with Gasteiger partial charge < -0.3 is 18.9 Å². The SMILES string of the molecule is CCOC(=O)C1=C(c2ccccc2)N=c2s/c(=C\c3ccc(OCc4ccc(F)cc4)c(OC)c3)c(=O)n2[C@@H]1c1ccc(OCC)cc1. The van der Waals surface area contributed by atoms with Crippen LogP contribution in [0.3, 0.4) is 0 Å². The molecule has 1 aliphatic rings. The van der Waals surface area contributed by atoms with Crippen LogP contribution in [0.2, 0.25) is 0 Å². The van der Waals surface area contributed by atoms with Crippen molar-refractivity contribution in [1.29, 1.82) is 0 Å². The number of nitrogens with zero attached hydrogens (tertiary/aromatic N) is 2. The van der Waals surface area contributed by atoms with Crippen molar-refractivity contribution in [3.63, 3.8) is 0 Å². The highest BCUT2D eigenvalue weighted by molar-refractivity contribution is 7.07. The van der Waals surface area contributed by atoms with Crippen LogP contribution in [-0.4, -0.2) is 30.9 Å². The molecule has 0 saturated heterocycles. The lowest BCUT2D eigenvalue weighted by atomic mass is 9.93. The zero-order chi connectivity index (χ0) is 33.6. The molecule has 244 valence electrons. The summed E-state index contributed by atoms with van der Waals surface area (Å²) in [7, 11) is 1.54. The number of benzene rings is 4. The summed E-state index contributed by atoms with van der Waals surface area (Å²) < 4.78 is 38.0. The fourth-order valence-corrected chi connectivity index (χ4v) is 6.46. The number of ether oxygens (including phenoxy) is 4. The number of carbonyl (C=O) groups excluding carboxylic acids is 1. The van der Waals surface area contributed by atoms with E-state index in [4.69, 9.17) is 23.9 Å². The number of esters is 1. The second-order valence-electron chi connectivity index (χ2n) is 10.8. The van der Waals surface area contributed by atoms with E-state index in [-0.39, 0.29) is 30.2 Å². The van der Waals surface area contributed by atoms with Gasteiger partial charge in [-0.15, -0.1) is 0 Å². The third-order valence-electron chi connectivity index (χ3n) is 7.67. The average Bonchev–Trinajstić information content (AvgIpc) is 3.42. The Hall–Kier alpha value is -5.48. The molecule has 0 aliphatic carbocycles. The van der Waals surface area contributed by atoms with Crippen LogP contribution in [0, 0.1) is 5.82 Å². The predicted octanol–water partition coefficient (Wildman–Crippen LogP) is 6.06. The number of aromatic nitrogens is 1. The first-order valence-corrected chi connectivity index (χ1v) is 16.3. The molecule has 6 rings (SSSR count). The molecule has 1 atom stereocenters. The van der Waals surface area contributed by atoms with Crippen molar-refractivity contribution >= 4 is 29.1 Å². The molecular formula is C38H33FN2O6S. The third kappa shape index (κ3) is 6.79. The van der Waals surface area contributed by atoms with Crippen LogP contribution in [0.5, 0.6) is 17.2 Å². The molecule has 4 aromatic carbocycles. The lowest BCUT2D eigenvalue weighted by molar-refractivity contribution is -0.138. The van der Waals surface area contributed by atoms with Gasteiger partial charge in [-0.05, 0) is 73.0 Å². The quantitative estimate of drug-likeness (QED) is 0.160. The molecule has 10 heteroatoms. The smallest absolute Gasteiger partial charge is 0.338 e. The highest BCUT2D eigenvalue weighted by Crippen LogP contribution is 2.36. The first-order valence-electron chi connectivity index (χ1n) is 15.5. The van der Waals surface area contributed by atoms with Gasteiger partial charge in [-0.3, -0.25) is 9.36 Å². The van der Waals surface area contributed by atoms with Crippen molar-refractivity contribution in [2.75, 3.05) is 20.3 Å². The van der Waals surface area contributed by atoms with Gasteiger partial charge >= 0.3 is 5.97 Å². The van der Waals surface area contributed by atoms with Crippen LogP contribution in [-0.2, 0) is 16.1 Å². The molecule has 0 unspecified atom stereocenters. The van der Waals surface area contributed by atoms with Crippen LogP contribution in [0.4, 0.5) is 4.39 Å². The summed E-state index contributed by atoms with van der Waals surface area (Å²) in [6, 6.07) is 27.4. The fraction of sp³-hybridized carbons (Fsp3) is 0.184. The third-order valence-corrected chi connectivity index (χ3v) is 8.66. The van der Waals surface area contributed by atoms with Gasteiger partial charge in [-0.1, -0.05) is 72.0 Å². The van der Waals surface area contributed by atoms with Crippen molar-refractivity contribution in [2.24, 2.45) is 4.99 Å². The first kappa shape index (κ1) is 32.5. The number of hydrogen-bond donors (Lipinski definition) is 0. The van der Waals surface area contributed by atoms with Crippen molar-refractivity contribution in [3.8, 4) is 17.2 Å². The van der Waals surface area contributed by atoms with Crippen molar-refractivity contribution in [1.82, 2.24) is 4.57 Å². The Balaban J connectivity index is 1.46. The Labute approximate surface area is 280 Å². The number of rotatable bonds is 11. The largest absolute Gasteiger partial charge is 0.494 e. The average molecular weight is 665 g/mol. The zero-order valence-corrected chi connectivity index (χ0v) is 27.5. The molecule has 0 bridgehead atoms.